The zero-order chi connectivity index (χ0) is 21.6. The van der Waals surface area contributed by atoms with Gasteiger partial charge in [0.25, 0.3) is 0 Å². The maximum atomic E-state index is 12.6. The molecule has 3 fully saturated rings. The Balaban J connectivity index is 1.13. The van der Waals surface area contributed by atoms with Crippen LogP contribution in [-0.2, 0) is 4.79 Å². The van der Waals surface area contributed by atoms with Gasteiger partial charge in [-0.25, -0.2) is 4.79 Å². The molecule has 1 aromatic rings. The molecule has 31 heavy (non-hydrogen) atoms. The van der Waals surface area contributed by atoms with Crippen molar-refractivity contribution in [2.75, 3.05) is 50.7 Å². The first-order chi connectivity index (χ1) is 15.1. The molecule has 1 aromatic carbocycles. The largest absolute Gasteiger partial charge is 0.368 e. The van der Waals surface area contributed by atoms with E-state index in [-0.39, 0.29) is 11.9 Å². The van der Waals surface area contributed by atoms with E-state index in [1.54, 1.807) is 0 Å². The van der Waals surface area contributed by atoms with Gasteiger partial charge in [-0.1, -0.05) is 37.5 Å². The van der Waals surface area contributed by atoms with E-state index in [9.17, 15) is 9.59 Å². The number of urea groups is 1. The Morgan fingerprint density at radius 2 is 1.68 bits per heavy atom. The third-order valence-corrected chi connectivity index (χ3v) is 7.51. The molecule has 0 aromatic heterocycles. The SMILES string of the molecule is Cc1ccccc1N1CCN(C(=O)CCCNC(=O)N2CCC3CCCCC3C2)CC1. The van der Waals surface area contributed by atoms with Crippen molar-refractivity contribution in [3.63, 3.8) is 0 Å². The number of likely N-dealkylation sites (tertiary alicyclic amines) is 1. The molecule has 2 saturated heterocycles. The quantitative estimate of drug-likeness (QED) is 0.732. The minimum Gasteiger partial charge on any atom is -0.368 e. The van der Waals surface area contributed by atoms with E-state index in [1.807, 2.05) is 9.80 Å². The zero-order valence-electron chi connectivity index (χ0n) is 19.0. The summed E-state index contributed by atoms with van der Waals surface area (Å²) in [5.41, 5.74) is 2.56. The van der Waals surface area contributed by atoms with Crippen LogP contribution in [0.5, 0.6) is 0 Å². The number of fused-ring (bicyclic) bond motifs is 1. The summed E-state index contributed by atoms with van der Waals surface area (Å²) in [4.78, 5) is 31.5. The lowest BCUT2D eigenvalue weighted by Gasteiger charge is -2.41. The highest BCUT2D eigenvalue weighted by atomic mass is 16.2. The van der Waals surface area contributed by atoms with E-state index in [0.717, 1.165) is 51.6 Å². The number of nitrogens with one attached hydrogen (secondary N) is 1. The van der Waals surface area contributed by atoms with E-state index in [0.29, 0.717) is 25.3 Å². The van der Waals surface area contributed by atoms with Crippen LogP contribution in [0.3, 0.4) is 0 Å². The molecule has 0 spiro atoms. The van der Waals surface area contributed by atoms with Crippen LogP contribution in [0.2, 0.25) is 0 Å². The highest BCUT2D eigenvalue weighted by Gasteiger charge is 2.32. The second-order valence-corrected chi connectivity index (χ2v) is 9.53. The molecule has 2 unspecified atom stereocenters. The summed E-state index contributed by atoms with van der Waals surface area (Å²) < 4.78 is 0. The summed E-state index contributed by atoms with van der Waals surface area (Å²) in [6.45, 7) is 7.83. The van der Waals surface area contributed by atoms with E-state index >= 15 is 0 Å². The number of hydrogen-bond donors (Lipinski definition) is 1. The van der Waals surface area contributed by atoms with Gasteiger partial charge in [0, 0.05) is 57.9 Å². The predicted octanol–water partition coefficient (Wildman–Crippen LogP) is 3.65. The van der Waals surface area contributed by atoms with E-state index in [2.05, 4.69) is 41.4 Å². The molecular weight excluding hydrogens is 388 g/mol. The zero-order valence-corrected chi connectivity index (χ0v) is 19.0. The maximum Gasteiger partial charge on any atom is 0.317 e. The van der Waals surface area contributed by atoms with Crippen LogP contribution in [0.25, 0.3) is 0 Å². The Labute approximate surface area is 187 Å². The fourth-order valence-electron chi connectivity index (χ4n) is 5.61. The van der Waals surface area contributed by atoms with Gasteiger partial charge in [0.2, 0.25) is 5.91 Å². The molecule has 0 bridgehead atoms. The first-order valence-electron chi connectivity index (χ1n) is 12.2. The first-order valence-corrected chi connectivity index (χ1v) is 12.2. The molecule has 1 aliphatic carbocycles. The van der Waals surface area contributed by atoms with Gasteiger partial charge in [0.1, 0.15) is 0 Å². The normalized spacial score (nSPS) is 24.0. The van der Waals surface area contributed by atoms with Crippen molar-refractivity contribution in [1.29, 1.82) is 0 Å². The van der Waals surface area contributed by atoms with Crippen molar-refractivity contribution in [2.45, 2.75) is 51.9 Å². The van der Waals surface area contributed by atoms with Gasteiger partial charge < -0.3 is 20.0 Å². The Hall–Kier alpha value is -2.24. The maximum absolute atomic E-state index is 12.6. The molecule has 6 nitrogen and oxygen atoms in total. The molecule has 3 amide bonds. The molecule has 1 saturated carbocycles. The van der Waals surface area contributed by atoms with Crippen LogP contribution in [-0.4, -0.2) is 67.6 Å². The standard InChI is InChI=1S/C25H38N4O2/c1-20-7-2-5-10-23(20)27-15-17-28(18-16-27)24(30)11-6-13-26-25(31)29-14-12-21-8-3-4-9-22(21)19-29/h2,5,7,10,21-22H,3-4,6,8-9,11-19H2,1H3,(H,26,31). The number of anilines is 1. The number of rotatable bonds is 5. The highest BCUT2D eigenvalue weighted by Crippen LogP contribution is 2.36. The average Bonchev–Trinajstić information content (AvgIpc) is 2.81. The molecule has 1 N–H and O–H groups in total. The van der Waals surface area contributed by atoms with Crippen molar-refractivity contribution in [1.82, 2.24) is 15.1 Å². The second kappa shape index (κ2) is 10.4. The number of aryl methyl sites for hydroxylation is 1. The fraction of sp³-hybridized carbons (Fsp3) is 0.680. The van der Waals surface area contributed by atoms with Crippen molar-refractivity contribution in [3.05, 3.63) is 29.8 Å². The van der Waals surface area contributed by atoms with Crippen LogP contribution in [0, 0.1) is 18.8 Å². The molecule has 2 aliphatic heterocycles. The number of hydrogen-bond acceptors (Lipinski definition) is 3. The van der Waals surface area contributed by atoms with E-state index in [1.165, 1.54) is 36.9 Å². The monoisotopic (exact) mass is 426 g/mol. The Morgan fingerprint density at radius 1 is 0.935 bits per heavy atom. The molecule has 170 valence electrons. The molecule has 6 heteroatoms. The van der Waals surface area contributed by atoms with Gasteiger partial charge >= 0.3 is 6.03 Å². The Kier molecular flexibility index (Phi) is 7.36. The smallest absolute Gasteiger partial charge is 0.317 e. The van der Waals surface area contributed by atoms with Gasteiger partial charge in [-0.2, -0.15) is 0 Å². The topological polar surface area (TPSA) is 55.9 Å². The minimum atomic E-state index is 0.0586. The highest BCUT2D eigenvalue weighted by molar-refractivity contribution is 5.77. The number of piperidine rings is 1. The molecule has 2 atom stereocenters. The van der Waals surface area contributed by atoms with Crippen molar-refractivity contribution in [2.24, 2.45) is 11.8 Å². The van der Waals surface area contributed by atoms with Crippen LogP contribution in [0.1, 0.15) is 50.5 Å². The van der Waals surface area contributed by atoms with Crippen LogP contribution >= 0.6 is 0 Å². The third-order valence-electron chi connectivity index (χ3n) is 7.51. The fourth-order valence-corrected chi connectivity index (χ4v) is 5.61. The van der Waals surface area contributed by atoms with Crippen molar-refractivity contribution >= 4 is 17.6 Å². The number of benzene rings is 1. The number of amides is 3. The van der Waals surface area contributed by atoms with Gasteiger partial charge in [0.15, 0.2) is 0 Å². The summed E-state index contributed by atoms with van der Waals surface area (Å²) in [6, 6.07) is 8.49. The first kappa shape index (κ1) is 22.0. The lowest BCUT2D eigenvalue weighted by molar-refractivity contribution is -0.131. The predicted molar refractivity (Wildman–Crippen MR) is 124 cm³/mol. The van der Waals surface area contributed by atoms with Gasteiger partial charge in [-0.05, 0) is 49.7 Å². The molecule has 2 heterocycles. The molecule has 3 aliphatic rings. The summed E-state index contributed by atoms with van der Waals surface area (Å²) in [5.74, 6) is 1.75. The molecular formula is C25H38N4O2. The van der Waals surface area contributed by atoms with Crippen LogP contribution < -0.4 is 10.2 Å². The molecule has 4 rings (SSSR count). The van der Waals surface area contributed by atoms with E-state index < -0.39 is 0 Å². The number of carbonyl (C=O) groups is 2. The summed E-state index contributed by atoms with van der Waals surface area (Å²) in [5, 5.41) is 3.05. The number of piperazine rings is 1. The van der Waals surface area contributed by atoms with Crippen molar-refractivity contribution in [3.8, 4) is 0 Å². The number of carbonyl (C=O) groups excluding carboxylic acids is 2. The summed E-state index contributed by atoms with van der Waals surface area (Å²) in [7, 11) is 0. The van der Waals surface area contributed by atoms with Crippen LogP contribution in [0.15, 0.2) is 24.3 Å². The van der Waals surface area contributed by atoms with Gasteiger partial charge in [0.05, 0.1) is 0 Å². The summed E-state index contributed by atoms with van der Waals surface area (Å²) >= 11 is 0. The minimum absolute atomic E-state index is 0.0586. The average molecular weight is 427 g/mol. The second-order valence-electron chi connectivity index (χ2n) is 9.53. The van der Waals surface area contributed by atoms with Crippen molar-refractivity contribution < 1.29 is 9.59 Å². The Bertz CT molecular complexity index is 760. The summed E-state index contributed by atoms with van der Waals surface area (Å²) in [6.07, 6.45) is 7.69. The van der Waals surface area contributed by atoms with E-state index in [4.69, 9.17) is 0 Å². The lowest BCUT2D eigenvalue weighted by Crippen LogP contribution is -2.49. The van der Waals surface area contributed by atoms with Gasteiger partial charge in [-0.3, -0.25) is 4.79 Å². The van der Waals surface area contributed by atoms with Gasteiger partial charge in [-0.15, -0.1) is 0 Å². The number of nitrogens with zero attached hydrogens (tertiary/aromatic N) is 3. The third kappa shape index (κ3) is 5.52. The van der Waals surface area contributed by atoms with Crippen LogP contribution in [0.4, 0.5) is 10.5 Å². The lowest BCUT2D eigenvalue weighted by atomic mass is 9.75. The Morgan fingerprint density at radius 3 is 2.45 bits per heavy atom. The number of para-hydroxylation sites is 1. The molecule has 0 radical (unpaired) electrons.